The van der Waals surface area contributed by atoms with Crippen molar-refractivity contribution < 1.29 is 27.9 Å². The molecule has 0 aromatic heterocycles. The van der Waals surface area contributed by atoms with Gasteiger partial charge < -0.3 is 15.2 Å². The first-order chi connectivity index (χ1) is 16.2. The molecule has 2 aromatic carbocycles. The minimum absolute atomic E-state index is 0.0307. The number of aliphatic hydroxyl groups excluding tert-OH is 1. The zero-order valence-corrected chi connectivity index (χ0v) is 20.4. The van der Waals surface area contributed by atoms with Gasteiger partial charge in [-0.1, -0.05) is 43.5 Å². The molecule has 2 aromatic rings. The molecule has 34 heavy (non-hydrogen) atoms. The van der Waals surface area contributed by atoms with Crippen molar-refractivity contribution in [3.8, 4) is 0 Å². The van der Waals surface area contributed by atoms with Crippen LogP contribution in [0.5, 0.6) is 0 Å². The van der Waals surface area contributed by atoms with Gasteiger partial charge in [0.2, 0.25) is 10.0 Å². The van der Waals surface area contributed by atoms with Gasteiger partial charge >= 0.3 is 5.97 Å². The number of Topliss-reactive ketones (excluding diaryl/α,β-unsaturated/α-hetero) is 1. The third kappa shape index (κ3) is 6.22. The quantitative estimate of drug-likeness (QED) is 0.389. The van der Waals surface area contributed by atoms with E-state index < -0.39 is 22.6 Å². The summed E-state index contributed by atoms with van der Waals surface area (Å²) < 4.78 is 31.2. The van der Waals surface area contributed by atoms with Crippen LogP contribution in [0.15, 0.2) is 47.4 Å². The molecule has 0 heterocycles. The van der Waals surface area contributed by atoms with Gasteiger partial charge in [0.1, 0.15) is 0 Å². The number of ketones is 1. The molecule has 1 aliphatic rings. The first kappa shape index (κ1) is 25.9. The van der Waals surface area contributed by atoms with E-state index in [1.165, 1.54) is 70.0 Å². The number of aliphatic hydroxyl groups is 1. The first-order valence-corrected chi connectivity index (χ1v) is 12.9. The summed E-state index contributed by atoms with van der Waals surface area (Å²) in [6.07, 6.45) is 6.07. The number of esters is 1. The van der Waals surface area contributed by atoms with Crippen LogP contribution in [0.1, 0.15) is 64.3 Å². The van der Waals surface area contributed by atoms with Crippen LogP contribution in [0.4, 0.5) is 5.69 Å². The van der Waals surface area contributed by atoms with Gasteiger partial charge in [-0.05, 0) is 42.5 Å². The highest BCUT2D eigenvalue weighted by atomic mass is 32.2. The van der Waals surface area contributed by atoms with E-state index in [0.717, 1.165) is 4.31 Å². The van der Waals surface area contributed by atoms with Crippen molar-refractivity contribution in [2.45, 2.75) is 42.9 Å². The Morgan fingerprint density at radius 1 is 1.06 bits per heavy atom. The SMILES string of the molecule is CN(C)S(=O)(=O)c1ccc(NCCO)c(C(=O)OCC(=O)c2ccc(C3CCCCC3)cc2)c1. The largest absolute Gasteiger partial charge is 0.454 e. The fourth-order valence-electron chi connectivity index (χ4n) is 4.08. The van der Waals surface area contributed by atoms with E-state index in [1.54, 1.807) is 12.1 Å². The standard InChI is InChI=1S/C25H32N2O6S/c1-27(2)34(31,32)21-12-13-23(26-14-15-28)22(16-21)25(30)33-17-24(29)20-10-8-19(9-11-20)18-6-4-3-5-7-18/h8-13,16,18,26,28H,3-7,14-15,17H2,1-2H3. The fourth-order valence-corrected chi connectivity index (χ4v) is 5.01. The minimum atomic E-state index is -3.78. The molecule has 1 saturated carbocycles. The van der Waals surface area contributed by atoms with Crippen molar-refractivity contribution in [2.24, 2.45) is 0 Å². The summed E-state index contributed by atoms with van der Waals surface area (Å²) in [5.41, 5.74) is 1.96. The van der Waals surface area contributed by atoms with Gasteiger partial charge in [0.05, 0.1) is 17.1 Å². The smallest absolute Gasteiger partial charge is 0.340 e. The van der Waals surface area contributed by atoms with Crippen LogP contribution in [0.25, 0.3) is 0 Å². The molecule has 1 fully saturated rings. The molecule has 3 rings (SSSR count). The molecule has 0 bridgehead atoms. The van der Waals surface area contributed by atoms with Crippen LogP contribution < -0.4 is 5.32 Å². The van der Waals surface area contributed by atoms with Crippen LogP contribution in [0.2, 0.25) is 0 Å². The van der Waals surface area contributed by atoms with Crippen LogP contribution in [-0.4, -0.2) is 63.4 Å². The molecule has 2 N–H and O–H groups in total. The Morgan fingerprint density at radius 3 is 2.35 bits per heavy atom. The van der Waals surface area contributed by atoms with E-state index in [9.17, 15) is 18.0 Å². The molecule has 8 nitrogen and oxygen atoms in total. The van der Waals surface area contributed by atoms with Gasteiger partial charge in [0, 0.05) is 31.9 Å². The van der Waals surface area contributed by atoms with Crippen molar-refractivity contribution in [1.82, 2.24) is 4.31 Å². The molecule has 0 unspecified atom stereocenters. The summed E-state index contributed by atoms with van der Waals surface area (Å²) in [6.45, 7) is -0.486. The molecule has 9 heteroatoms. The Bertz CT molecular complexity index is 1110. The molecule has 0 radical (unpaired) electrons. The minimum Gasteiger partial charge on any atom is -0.454 e. The van der Waals surface area contributed by atoms with E-state index in [1.807, 2.05) is 12.1 Å². The molecule has 184 valence electrons. The number of nitrogens with zero attached hydrogens (tertiary/aromatic N) is 1. The Labute approximate surface area is 201 Å². The number of sulfonamides is 1. The van der Waals surface area contributed by atoms with Gasteiger partial charge in [-0.2, -0.15) is 0 Å². The van der Waals surface area contributed by atoms with Crippen molar-refractivity contribution in [3.05, 3.63) is 59.2 Å². The third-order valence-electron chi connectivity index (χ3n) is 6.06. The van der Waals surface area contributed by atoms with Crippen LogP contribution in [-0.2, 0) is 14.8 Å². The summed E-state index contributed by atoms with van der Waals surface area (Å²) in [6, 6.07) is 11.5. The Morgan fingerprint density at radius 2 is 1.74 bits per heavy atom. The number of hydrogen-bond donors (Lipinski definition) is 2. The van der Waals surface area contributed by atoms with Crippen LogP contribution in [0, 0.1) is 0 Å². The lowest BCUT2D eigenvalue weighted by Gasteiger charge is -2.22. The first-order valence-electron chi connectivity index (χ1n) is 11.5. The maximum Gasteiger partial charge on any atom is 0.340 e. The summed E-state index contributed by atoms with van der Waals surface area (Å²) in [7, 11) is -0.992. The van der Waals surface area contributed by atoms with Crippen molar-refractivity contribution in [3.63, 3.8) is 0 Å². The average Bonchev–Trinajstić information content (AvgIpc) is 2.86. The number of ether oxygens (including phenoxy) is 1. The maximum atomic E-state index is 12.8. The number of carbonyl (C=O) groups excluding carboxylic acids is 2. The van der Waals surface area contributed by atoms with Crippen molar-refractivity contribution in [1.29, 1.82) is 0 Å². The lowest BCUT2D eigenvalue weighted by atomic mass is 9.84. The third-order valence-corrected chi connectivity index (χ3v) is 7.87. The Balaban J connectivity index is 1.71. The van der Waals surface area contributed by atoms with Gasteiger partial charge in [0.25, 0.3) is 0 Å². The van der Waals surface area contributed by atoms with E-state index in [-0.39, 0.29) is 29.4 Å². The van der Waals surface area contributed by atoms with Gasteiger partial charge in [-0.25, -0.2) is 17.5 Å². The molecule has 0 saturated heterocycles. The average molecular weight is 489 g/mol. The monoisotopic (exact) mass is 488 g/mol. The van der Waals surface area contributed by atoms with Crippen LogP contribution in [0.3, 0.4) is 0 Å². The number of benzene rings is 2. The number of hydrogen-bond acceptors (Lipinski definition) is 7. The second kappa shape index (κ2) is 11.6. The van der Waals surface area contributed by atoms with E-state index >= 15 is 0 Å². The highest BCUT2D eigenvalue weighted by molar-refractivity contribution is 7.89. The van der Waals surface area contributed by atoms with Gasteiger partial charge in [-0.15, -0.1) is 0 Å². The summed E-state index contributed by atoms with van der Waals surface area (Å²) >= 11 is 0. The summed E-state index contributed by atoms with van der Waals surface area (Å²) in [4.78, 5) is 25.3. The topological polar surface area (TPSA) is 113 Å². The lowest BCUT2D eigenvalue weighted by Crippen LogP contribution is -2.23. The highest BCUT2D eigenvalue weighted by Crippen LogP contribution is 2.32. The molecular weight excluding hydrogens is 456 g/mol. The number of nitrogens with one attached hydrogen (secondary N) is 1. The lowest BCUT2D eigenvalue weighted by molar-refractivity contribution is 0.0475. The molecule has 0 aliphatic heterocycles. The number of carbonyl (C=O) groups is 2. The summed E-state index contributed by atoms with van der Waals surface area (Å²) in [5.74, 6) is -0.639. The Kier molecular flexibility index (Phi) is 8.82. The number of rotatable bonds is 10. The molecular formula is C25H32N2O6S. The van der Waals surface area contributed by atoms with E-state index in [4.69, 9.17) is 9.84 Å². The maximum absolute atomic E-state index is 12.8. The molecule has 0 amide bonds. The summed E-state index contributed by atoms with van der Waals surface area (Å²) in [5, 5.41) is 12.0. The van der Waals surface area contributed by atoms with Gasteiger partial charge in [-0.3, -0.25) is 4.79 Å². The normalized spacial score (nSPS) is 14.7. The molecule has 1 aliphatic carbocycles. The fraction of sp³-hybridized carbons (Fsp3) is 0.440. The second-order valence-corrected chi connectivity index (χ2v) is 10.8. The molecule has 0 spiro atoms. The number of anilines is 1. The van der Waals surface area contributed by atoms with Crippen molar-refractivity contribution >= 4 is 27.5 Å². The second-order valence-electron chi connectivity index (χ2n) is 8.60. The van der Waals surface area contributed by atoms with Crippen molar-refractivity contribution in [2.75, 3.05) is 39.2 Å². The Hall–Kier alpha value is -2.75. The highest BCUT2D eigenvalue weighted by Gasteiger charge is 2.23. The van der Waals surface area contributed by atoms with Crippen LogP contribution >= 0.6 is 0 Å². The zero-order valence-electron chi connectivity index (χ0n) is 19.6. The predicted molar refractivity (Wildman–Crippen MR) is 130 cm³/mol. The van der Waals surface area contributed by atoms with Gasteiger partial charge in [0.15, 0.2) is 12.4 Å². The predicted octanol–water partition coefficient (Wildman–Crippen LogP) is 3.43. The molecule has 0 atom stereocenters. The van der Waals surface area contributed by atoms with E-state index in [2.05, 4.69) is 5.32 Å². The van der Waals surface area contributed by atoms with E-state index in [0.29, 0.717) is 17.2 Å². The zero-order chi connectivity index (χ0) is 24.7.